The van der Waals surface area contributed by atoms with Crippen LogP contribution in [0.4, 0.5) is 0 Å². The summed E-state index contributed by atoms with van der Waals surface area (Å²) in [4.78, 5) is 12.9. The third-order valence-corrected chi connectivity index (χ3v) is 6.90. The Bertz CT molecular complexity index is 668. The third-order valence-electron chi connectivity index (χ3n) is 6.90. The summed E-state index contributed by atoms with van der Waals surface area (Å²) in [5, 5.41) is 14.6. The number of nitrogens with zero attached hydrogens (tertiary/aromatic N) is 1. The van der Waals surface area contributed by atoms with Gasteiger partial charge in [-0.05, 0) is 59.9 Å². The van der Waals surface area contributed by atoms with E-state index in [4.69, 9.17) is 4.74 Å². The van der Waals surface area contributed by atoms with E-state index in [2.05, 4.69) is 31.3 Å². The average Bonchev–Trinajstić information content (AvgIpc) is 2.86. The molecular weight excluding hydrogens is 304 g/mol. The highest BCUT2D eigenvalue weighted by Gasteiger charge is 2.72. The summed E-state index contributed by atoms with van der Waals surface area (Å²) in [6.07, 6.45) is 3.38. The molecule has 0 aliphatic heterocycles. The van der Waals surface area contributed by atoms with Crippen LogP contribution in [0.15, 0.2) is 29.4 Å². The van der Waals surface area contributed by atoms with Crippen LogP contribution >= 0.6 is 0 Å². The molecule has 0 radical (unpaired) electrons. The van der Waals surface area contributed by atoms with Gasteiger partial charge in [0, 0.05) is 0 Å². The lowest BCUT2D eigenvalue weighted by molar-refractivity contribution is -0.136. The standard InChI is InChI=1S/C19H26N2O3/c1-17(2)18(3)9-10-19(17,11-15(18)22)16(23)21-20-12-13-5-7-14(24-4)8-6-13/h5-8,12,15,22H,9-11H2,1-4H3,(H,21,23). The van der Waals surface area contributed by atoms with Crippen LogP contribution in [-0.4, -0.2) is 30.4 Å². The van der Waals surface area contributed by atoms with Gasteiger partial charge in [0.2, 0.25) is 5.91 Å². The van der Waals surface area contributed by atoms with Crippen LogP contribution in [0.5, 0.6) is 5.75 Å². The molecule has 0 saturated heterocycles. The Morgan fingerprint density at radius 3 is 2.46 bits per heavy atom. The van der Waals surface area contributed by atoms with Crippen molar-refractivity contribution < 1.29 is 14.6 Å². The number of methoxy groups -OCH3 is 1. The Morgan fingerprint density at radius 2 is 1.96 bits per heavy atom. The lowest BCUT2D eigenvalue weighted by Gasteiger charge is -2.39. The van der Waals surface area contributed by atoms with E-state index in [0.717, 1.165) is 24.2 Å². The molecule has 1 amide bonds. The number of aliphatic hydroxyl groups is 1. The van der Waals surface area contributed by atoms with Crippen molar-refractivity contribution in [3.05, 3.63) is 29.8 Å². The number of benzene rings is 1. The lowest BCUT2D eigenvalue weighted by Crippen LogP contribution is -2.45. The van der Waals surface area contributed by atoms with Gasteiger partial charge in [-0.1, -0.05) is 20.8 Å². The van der Waals surface area contributed by atoms with Gasteiger partial charge < -0.3 is 9.84 Å². The minimum atomic E-state index is -0.543. The highest BCUT2D eigenvalue weighted by atomic mass is 16.5. The van der Waals surface area contributed by atoms with Crippen molar-refractivity contribution in [2.75, 3.05) is 7.11 Å². The number of ether oxygens (including phenoxy) is 1. The van der Waals surface area contributed by atoms with Crippen LogP contribution in [0, 0.1) is 16.2 Å². The predicted octanol–water partition coefficient (Wildman–Crippen LogP) is 2.72. The zero-order valence-corrected chi connectivity index (χ0v) is 14.8. The minimum absolute atomic E-state index is 0.0856. The van der Waals surface area contributed by atoms with Crippen molar-refractivity contribution in [3.8, 4) is 5.75 Å². The first kappa shape index (κ1) is 17.0. The molecule has 3 unspecified atom stereocenters. The summed E-state index contributed by atoms with van der Waals surface area (Å²) in [5.74, 6) is 0.694. The van der Waals surface area contributed by atoms with Crippen LogP contribution < -0.4 is 10.2 Å². The first-order valence-electron chi connectivity index (χ1n) is 8.42. The summed E-state index contributed by atoms with van der Waals surface area (Å²) in [5.41, 5.74) is 2.59. The Balaban J connectivity index is 1.72. The fourth-order valence-electron chi connectivity index (χ4n) is 4.59. The zero-order valence-electron chi connectivity index (χ0n) is 14.8. The Kier molecular flexibility index (Phi) is 3.95. The van der Waals surface area contributed by atoms with E-state index in [1.807, 2.05) is 24.3 Å². The van der Waals surface area contributed by atoms with Crippen LogP contribution in [0.2, 0.25) is 0 Å². The van der Waals surface area contributed by atoms with Crippen molar-refractivity contribution in [3.63, 3.8) is 0 Å². The molecule has 2 saturated carbocycles. The fourth-order valence-corrected chi connectivity index (χ4v) is 4.59. The number of carbonyl (C=O) groups is 1. The fraction of sp³-hybridized carbons (Fsp3) is 0.579. The Hall–Kier alpha value is -1.88. The maximum atomic E-state index is 12.9. The van der Waals surface area contributed by atoms with E-state index < -0.39 is 11.5 Å². The second kappa shape index (κ2) is 5.59. The minimum Gasteiger partial charge on any atom is -0.497 e. The number of rotatable bonds is 4. The number of nitrogens with one attached hydrogen (secondary N) is 1. The van der Waals surface area contributed by atoms with Gasteiger partial charge in [-0.25, -0.2) is 5.43 Å². The second-order valence-corrected chi connectivity index (χ2v) is 7.82. The molecule has 0 aromatic heterocycles. The number of carbonyl (C=O) groups excluding carboxylic acids is 1. The first-order valence-corrected chi connectivity index (χ1v) is 8.42. The van der Waals surface area contributed by atoms with Gasteiger partial charge >= 0.3 is 0 Å². The molecule has 0 spiro atoms. The van der Waals surface area contributed by atoms with Crippen LogP contribution in [-0.2, 0) is 4.79 Å². The van der Waals surface area contributed by atoms with Crippen LogP contribution in [0.3, 0.4) is 0 Å². The van der Waals surface area contributed by atoms with Gasteiger partial charge in [-0.3, -0.25) is 4.79 Å². The highest BCUT2D eigenvalue weighted by Crippen LogP contribution is 2.72. The Labute approximate surface area is 143 Å². The molecule has 2 aliphatic carbocycles. The van der Waals surface area contributed by atoms with Gasteiger partial charge in [0.1, 0.15) is 5.75 Å². The molecule has 5 nitrogen and oxygen atoms in total. The van der Waals surface area contributed by atoms with E-state index in [9.17, 15) is 9.90 Å². The smallest absolute Gasteiger partial charge is 0.246 e. The van der Waals surface area contributed by atoms with Gasteiger partial charge in [0.05, 0.1) is 24.8 Å². The molecule has 3 atom stereocenters. The summed E-state index contributed by atoms with van der Waals surface area (Å²) < 4.78 is 5.12. The Morgan fingerprint density at radius 1 is 1.29 bits per heavy atom. The molecule has 1 aromatic rings. The van der Waals surface area contributed by atoms with Crippen LogP contribution in [0.25, 0.3) is 0 Å². The largest absolute Gasteiger partial charge is 0.497 e. The first-order chi connectivity index (χ1) is 11.3. The molecule has 130 valence electrons. The molecule has 24 heavy (non-hydrogen) atoms. The molecule has 2 fully saturated rings. The quantitative estimate of drug-likeness (QED) is 0.659. The van der Waals surface area contributed by atoms with Crippen molar-refractivity contribution in [1.29, 1.82) is 0 Å². The number of hydrazone groups is 1. The molecule has 2 aliphatic rings. The highest BCUT2D eigenvalue weighted by molar-refractivity contribution is 5.87. The average molecular weight is 330 g/mol. The summed E-state index contributed by atoms with van der Waals surface area (Å²) >= 11 is 0. The predicted molar refractivity (Wildman–Crippen MR) is 92.9 cm³/mol. The van der Waals surface area contributed by atoms with Gasteiger partial charge in [-0.2, -0.15) is 5.10 Å². The summed E-state index contributed by atoms with van der Waals surface area (Å²) in [6.45, 7) is 6.30. The molecule has 5 heteroatoms. The molecular formula is C19H26N2O3. The van der Waals surface area contributed by atoms with E-state index >= 15 is 0 Å². The van der Waals surface area contributed by atoms with E-state index in [1.165, 1.54) is 0 Å². The normalized spacial score (nSPS) is 33.8. The lowest BCUT2D eigenvalue weighted by atomic mass is 9.64. The topological polar surface area (TPSA) is 70.9 Å². The second-order valence-electron chi connectivity index (χ2n) is 7.82. The number of hydrogen-bond donors (Lipinski definition) is 2. The van der Waals surface area contributed by atoms with Crippen molar-refractivity contribution in [2.45, 2.75) is 46.1 Å². The maximum Gasteiger partial charge on any atom is 0.246 e. The third kappa shape index (κ3) is 2.18. The summed E-state index contributed by atoms with van der Waals surface area (Å²) in [6, 6.07) is 7.45. The molecule has 3 rings (SSSR count). The molecule has 1 aromatic carbocycles. The van der Waals surface area contributed by atoms with Gasteiger partial charge in [0.25, 0.3) is 0 Å². The van der Waals surface area contributed by atoms with Crippen LogP contribution in [0.1, 0.15) is 45.6 Å². The van der Waals surface area contributed by atoms with Gasteiger partial charge in [-0.15, -0.1) is 0 Å². The van der Waals surface area contributed by atoms with Gasteiger partial charge in [0.15, 0.2) is 0 Å². The number of aliphatic hydroxyl groups excluding tert-OH is 1. The van der Waals surface area contributed by atoms with E-state index in [-0.39, 0.29) is 16.7 Å². The molecule has 0 heterocycles. The number of amides is 1. The van der Waals surface area contributed by atoms with E-state index in [1.54, 1.807) is 13.3 Å². The molecule has 2 N–H and O–H groups in total. The van der Waals surface area contributed by atoms with Crippen molar-refractivity contribution >= 4 is 12.1 Å². The summed E-state index contributed by atoms with van der Waals surface area (Å²) in [7, 11) is 1.62. The maximum absolute atomic E-state index is 12.9. The monoisotopic (exact) mass is 330 g/mol. The SMILES string of the molecule is COc1ccc(C=NNC(=O)C23CCC(C)(C(O)C2)C3(C)C)cc1. The van der Waals surface area contributed by atoms with E-state index in [0.29, 0.717) is 6.42 Å². The van der Waals surface area contributed by atoms with Crippen molar-refractivity contribution in [2.24, 2.45) is 21.3 Å². The van der Waals surface area contributed by atoms with Crippen molar-refractivity contribution in [1.82, 2.24) is 5.43 Å². The number of hydrogen-bond acceptors (Lipinski definition) is 4. The number of fused-ring (bicyclic) bond motifs is 2. The zero-order chi connectivity index (χ0) is 17.6. The molecule has 2 bridgehead atoms.